The first kappa shape index (κ1) is 15.9. The number of carbonyl (C=O) groups is 1. The molecule has 3 nitrogen and oxygen atoms in total. The van der Waals surface area contributed by atoms with Gasteiger partial charge in [-0.05, 0) is 60.6 Å². The summed E-state index contributed by atoms with van der Waals surface area (Å²) in [7, 11) is 0. The minimum Gasteiger partial charge on any atom is -0.321 e. The van der Waals surface area contributed by atoms with Crippen LogP contribution < -0.4 is 5.32 Å². The molecule has 0 spiro atoms. The highest BCUT2D eigenvalue weighted by Gasteiger charge is 2.46. The van der Waals surface area contributed by atoms with E-state index in [9.17, 15) is 4.79 Å². The van der Waals surface area contributed by atoms with Gasteiger partial charge in [0.2, 0.25) is 5.91 Å². The minimum absolute atomic E-state index is 0.0491. The number of amides is 1. The predicted octanol–water partition coefficient (Wildman–Crippen LogP) is 3.49. The van der Waals surface area contributed by atoms with Crippen molar-refractivity contribution in [1.82, 2.24) is 10.2 Å². The Morgan fingerprint density at radius 3 is 2.90 bits per heavy atom. The van der Waals surface area contributed by atoms with Crippen LogP contribution in [-0.2, 0) is 4.79 Å². The first-order valence-electron chi connectivity index (χ1n) is 7.22. The molecule has 1 amide bonds. The Hall–Kier alpha value is -0.520. The fourth-order valence-electron chi connectivity index (χ4n) is 2.58. The van der Waals surface area contributed by atoms with Gasteiger partial charge in [-0.15, -0.1) is 0 Å². The molecule has 0 aliphatic carbocycles. The van der Waals surface area contributed by atoms with Gasteiger partial charge >= 0.3 is 0 Å². The van der Waals surface area contributed by atoms with Crippen molar-refractivity contribution in [3.05, 3.63) is 22.4 Å². The number of unbranched alkanes of at least 4 members (excludes halogenated alkanes) is 1. The van der Waals surface area contributed by atoms with Gasteiger partial charge in [0.25, 0.3) is 0 Å². The predicted molar refractivity (Wildman–Crippen MR) is 88.2 cm³/mol. The van der Waals surface area contributed by atoms with Crippen molar-refractivity contribution in [3.63, 3.8) is 0 Å². The van der Waals surface area contributed by atoms with Gasteiger partial charge in [-0.2, -0.15) is 23.1 Å². The van der Waals surface area contributed by atoms with E-state index < -0.39 is 5.54 Å². The normalized spacial score (nSPS) is 26.4. The lowest BCUT2D eigenvalue weighted by Crippen LogP contribution is -2.43. The topological polar surface area (TPSA) is 32.3 Å². The molecule has 0 bridgehead atoms. The fourth-order valence-corrected chi connectivity index (χ4v) is 3.75. The molecule has 0 saturated carbocycles. The molecule has 5 heteroatoms. The molecule has 0 radical (unpaired) electrons. The van der Waals surface area contributed by atoms with Gasteiger partial charge in [-0.25, -0.2) is 0 Å². The number of thiophene rings is 1. The lowest BCUT2D eigenvalue weighted by molar-refractivity contribution is -0.133. The first-order valence-corrected chi connectivity index (χ1v) is 9.56. The maximum absolute atomic E-state index is 12.7. The molecule has 1 fully saturated rings. The Morgan fingerprint density at radius 1 is 1.50 bits per heavy atom. The van der Waals surface area contributed by atoms with Crippen LogP contribution in [0, 0.1) is 0 Å². The van der Waals surface area contributed by atoms with Gasteiger partial charge in [0.1, 0.15) is 6.17 Å². The van der Waals surface area contributed by atoms with E-state index in [2.05, 4.69) is 35.3 Å². The Balaban J connectivity index is 2.09. The molecule has 1 saturated heterocycles. The first-order chi connectivity index (χ1) is 9.62. The van der Waals surface area contributed by atoms with Crippen molar-refractivity contribution in [2.45, 2.75) is 44.8 Å². The number of nitrogens with zero attached hydrogens (tertiary/aromatic N) is 1. The average molecular weight is 313 g/mol. The number of hydrogen-bond acceptors (Lipinski definition) is 4. The van der Waals surface area contributed by atoms with E-state index in [0.717, 1.165) is 19.4 Å². The van der Waals surface area contributed by atoms with Gasteiger partial charge in [-0.3, -0.25) is 10.1 Å². The molecular formula is C15H24N2OS2. The van der Waals surface area contributed by atoms with Crippen molar-refractivity contribution in [1.29, 1.82) is 0 Å². The van der Waals surface area contributed by atoms with E-state index in [1.54, 1.807) is 11.3 Å². The minimum atomic E-state index is -0.411. The summed E-state index contributed by atoms with van der Waals surface area (Å²) in [5.41, 5.74) is 0.803. The van der Waals surface area contributed by atoms with Crippen LogP contribution in [0.2, 0.25) is 0 Å². The molecule has 112 valence electrons. The Bertz CT molecular complexity index is 435. The zero-order valence-corrected chi connectivity index (χ0v) is 14.1. The quantitative estimate of drug-likeness (QED) is 0.782. The summed E-state index contributed by atoms with van der Waals surface area (Å²) in [5, 5.41) is 7.76. The molecule has 2 atom stereocenters. The molecule has 2 rings (SSSR count). The van der Waals surface area contributed by atoms with Gasteiger partial charge in [0, 0.05) is 6.54 Å². The average Bonchev–Trinajstić information content (AvgIpc) is 3.05. The standard InChI is InChI=1S/C15H24N2OS2/c1-4-15(2)14(18)17(8-5-6-9-19-3)13(16-15)12-7-10-20-11-12/h7,10-11,13,16H,4-6,8-9H2,1-3H3. The van der Waals surface area contributed by atoms with Crippen LogP contribution in [0.1, 0.15) is 44.8 Å². The third-order valence-electron chi connectivity index (χ3n) is 4.06. The number of carbonyl (C=O) groups excluding carboxylic acids is 1. The second-order valence-corrected chi connectivity index (χ2v) is 7.25. The summed E-state index contributed by atoms with van der Waals surface area (Å²) >= 11 is 3.56. The zero-order chi connectivity index (χ0) is 14.6. The number of rotatable bonds is 7. The van der Waals surface area contributed by atoms with Gasteiger partial charge in [0.15, 0.2) is 0 Å². The molecule has 2 heterocycles. The zero-order valence-electron chi connectivity index (χ0n) is 12.5. The van der Waals surface area contributed by atoms with Crippen molar-refractivity contribution in [2.75, 3.05) is 18.6 Å². The van der Waals surface area contributed by atoms with Crippen molar-refractivity contribution >= 4 is 29.0 Å². The van der Waals surface area contributed by atoms with Crippen LogP contribution in [0.25, 0.3) is 0 Å². The number of thioether (sulfide) groups is 1. The van der Waals surface area contributed by atoms with E-state index in [-0.39, 0.29) is 12.1 Å². The summed E-state index contributed by atoms with van der Waals surface area (Å²) in [6.07, 6.45) is 5.25. The van der Waals surface area contributed by atoms with E-state index >= 15 is 0 Å². The molecule has 1 aromatic heterocycles. The lowest BCUT2D eigenvalue weighted by atomic mass is 9.99. The van der Waals surface area contributed by atoms with E-state index in [0.29, 0.717) is 0 Å². The van der Waals surface area contributed by atoms with E-state index in [4.69, 9.17) is 0 Å². The van der Waals surface area contributed by atoms with E-state index in [1.165, 1.54) is 17.7 Å². The number of nitrogens with one attached hydrogen (secondary N) is 1. The highest BCUT2D eigenvalue weighted by Crippen LogP contribution is 2.33. The molecule has 1 aliphatic heterocycles. The summed E-state index contributed by atoms with van der Waals surface area (Å²) in [5.74, 6) is 1.42. The van der Waals surface area contributed by atoms with Crippen LogP contribution in [-0.4, -0.2) is 34.9 Å². The summed E-state index contributed by atoms with van der Waals surface area (Å²) in [6, 6.07) is 2.12. The van der Waals surface area contributed by atoms with Crippen molar-refractivity contribution in [2.24, 2.45) is 0 Å². The Kier molecular flexibility index (Phi) is 5.52. The Labute approximate surface area is 130 Å². The lowest BCUT2D eigenvalue weighted by Gasteiger charge is -2.23. The van der Waals surface area contributed by atoms with Crippen LogP contribution >= 0.6 is 23.1 Å². The third-order valence-corrected chi connectivity index (χ3v) is 5.46. The van der Waals surface area contributed by atoms with Crippen LogP contribution in [0.5, 0.6) is 0 Å². The summed E-state index contributed by atoms with van der Waals surface area (Å²) < 4.78 is 0. The highest BCUT2D eigenvalue weighted by atomic mass is 32.2. The largest absolute Gasteiger partial charge is 0.321 e. The summed E-state index contributed by atoms with van der Waals surface area (Å²) in [6.45, 7) is 4.95. The molecule has 0 aromatic carbocycles. The smallest absolute Gasteiger partial charge is 0.244 e. The molecule has 1 aromatic rings. The third kappa shape index (κ3) is 3.21. The number of hydrogen-bond donors (Lipinski definition) is 1. The monoisotopic (exact) mass is 312 g/mol. The molecule has 2 unspecified atom stereocenters. The molecule has 20 heavy (non-hydrogen) atoms. The van der Waals surface area contributed by atoms with Gasteiger partial charge < -0.3 is 4.90 Å². The second kappa shape index (κ2) is 6.96. The van der Waals surface area contributed by atoms with Gasteiger partial charge in [-0.1, -0.05) is 6.92 Å². The SMILES string of the molecule is CCC1(C)NC(c2ccsc2)N(CCCCSC)C1=O. The van der Waals surface area contributed by atoms with Crippen LogP contribution in [0.15, 0.2) is 16.8 Å². The maximum atomic E-state index is 12.7. The fraction of sp³-hybridized carbons (Fsp3) is 0.667. The highest BCUT2D eigenvalue weighted by molar-refractivity contribution is 7.98. The molecule has 1 N–H and O–H groups in total. The Morgan fingerprint density at radius 2 is 2.30 bits per heavy atom. The van der Waals surface area contributed by atoms with Crippen molar-refractivity contribution < 1.29 is 4.79 Å². The summed E-state index contributed by atoms with van der Waals surface area (Å²) in [4.78, 5) is 14.7. The van der Waals surface area contributed by atoms with E-state index in [1.807, 2.05) is 23.6 Å². The van der Waals surface area contributed by atoms with Crippen LogP contribution in [0.4, 0.5) is 0 Å². The van der Waals surface area contributed by atoms with Crippen LogP contribution in [0.3, 0.4) is 0 Å². The molecular weight excluding hydrogens is 288 g/mol. The molecule has 1 aliphatic rings. The van der Waals surface area contributed by atoms with Crippen molar-refractivity contribution in [3.8, 4) is 0 Å². The second-order valence-electron chi connectivity index (χ2n) is 5.49. The maximum Gasteiger partial charge on any atom is 0.244 e. The van der Waals surface area contributed by atoms with Gasteiger partial charge in [0.05, 0.1) is 5.54 Å².